The summed E-state index contributed by atoms with van der Waals surface area (Å²) in [6.45, 7) is 5.05. The van der Waals surface area contributed by atoms with E-state index in [0.29, 0.717) is 24.6 Å². The molecule has 1 saturated heterocycles. The minimum Gasteiger partial charge on any atom is -0.484 e. The topological polar surface area (TPSA) is 66.8 Å². The highest BCUT2D eigenvalue weighted by molar-refractivity contribution is 5.79. The molecule has 0 radical (unpaired) electrons. The van der Waals surface area contributed by atoms with Crippen LogP contribution in [0, 0.1) is 5.92 Å². The van der Waals surface area contributed by atoms with Crippen LogP contribution >= 0.6 is 0 Å². The van der Waals surface area contributed by atoms with Crippen LogP contribution in [0.3, 0.4) is 0 Å². The van der Waals surface area contributed by atoms with Gasteiger partial charge in [-0.1, -0.05) is 26.0 Å². The number of benzene rings is 1. The maximum Gasteiger partial charge on any atom is 0.308 e. The fourth-order valence-electron chi connectivity index (χ4n) is 2.61. The number of nitrogens with zero attached hydrogens (tertiary/aromatic N) is 1. The molecule has 1 aromatic rings. The van der Waals surface area contributed by atoms with E-state index in [0.717, 1.165) is 12.0 Å². The number of aliphatic carboxylic acids is 1. The van der Waals surface area contributed by atoms with Crippen molar-refractivity contribution in [2.75, 3.05) is 19.7 Å². The number of carboxylic acid groups (broad SMARTS) is 1. The van der Waals surface area contributed by atoms with Crippen LogP contribution in [0.15, 0.2) is 24.3 Å². The number of rotatable bonds is 5. The van der Waals surface area contributed by atoms with E-state index in [4.69, 9.17) is 9.84 Å². The molecule has 120 valence electrons. The molecule has 1 aromatic carbocycles. The van der Waals surface area contributed by atoms with Crippen LogP contribution < -0.4 is 4.74 Å². The highest BCUT2D eigenvalue weighted by atomic mass is 16.5. The minimum atomic E-state index is -0.831. The summed E-state index contributed by atoms with van der Waals surface area (Å²) in [4.78, 5) is 24.8. The van der Waals surface area contributed by atoms with Gasteiger partial charge in [-0.05, 0) is 36.5 Å². The van der Waals surface area contributed by atoms with Gasteiger partial charge in [0.2, 0.25) is 0 Å². The molecular formula is C17H23NO4. The zero-order valence-corrected chi connectivity index (χ0v) is 13.1. The predicted octanol–water partition coefficient (Wildman–Crippen LogP) is 2.51. The van der Waals surface area contributed by atoms with Gasteiger partial charge in [-0.15, -0.1) is 0 Å². The van der Waals surface area contributed by atoms with Crippen LogP contribution in [0.1, 0.15) is 38.2 Å². The number of piperidine rings is 1. The van der Waals surface area contributed by atoms with Gasteiger partial charge in [-0.2, -0.15) is 0 Å². The molecule has 1 heterocycles. The lowest BCUT2D eigenvalue weighted by Gasteiger charge is -2.30. The molecule has 1 aliphatic rings. The van der Waals surface area contributed by atoms with Crippen molar-refractivity contribution in [1.29, 1.82) is 0 Å². The van der Waals surface area contributed by atoms with E-state index in [-0.39, 0.29) is 19.1 Å². The standard InChI is InChI=1S/C17H23NO4/c1-12(2)13-5-3-7-15(9-13)22-11-16(19)18-8-4-6-14(10-18)17(20)21/h3,5,7,9,12,14H,4,6,8,10-11H2,1-2H3,(H,20,21)/t14-/m0/s1. The Kier molecular flexibility index (Phi) is 5.41. The first-order valence-corrected chi connectivity index (χ1v) is 7.70. The number of carbonyl (C=O) groups is 2. The molecule has 0 aliphatic carbocycles. The van der Waals surface area contributed by atoms with Gasteiger partial charge in [0, 0.05) is 13.1 Å². The molecule has 0 bridgehead atoms. The molecule has 0 unspecified atom stereocenters. The van der Waals surface area contributed by atoms with Gasteiger partial charge in [0.25, 0.3) is 5.91 Å². The van der Waals surface area contributed by atoms with Crippen molar-refractivity contribution in [1.82, 2.24) is 4.90 Å². The van der Waals surface area contributed by atoms with Crippen LogP contribution in [0.5, 0.6) is 5.75 Å². The van der Waals surface area contributed by atoms with Crippen molar-refractivity contribution in [3.05, 3.63) is 29.8 Å². The highest BCUT2D eigenvalue weighted by Gasteiger charge is 2.28. The SMILES string of the molecule is CC(C)c1cccc(OCC(=O)N2CCC[C@H](C(=O)O)C2)c1. The van der Waals surface area contributed by atoms with Gasteiger partial charge in [-0.25, -0.2) is 0 Å². The van der Waals surface area contributed by atoms with E-state index < -0.39 is 11.9 Å². The Labute approximate surface area is 130 Å². The Morgan fingerprint density at radius 2 is 2.18 bits per heavy atom. The van der Waals surface area contributed by atoms with Crippen molar-refractivity contribution < 1.29 is 19.4 Å². The fraction of sp³-hybridized carbons (Fsp3) is 0.529. The Bertz CT molecular complexity index is 541. The van der Waals surface area contributed by atoms with Crippen molar-refractivity contribution >= 4 is 11.9 Å². The summed E-state index contributed by atoms with van der Waals surface area (Å²) in [6, 6.07) is 7.71. The first-order chi connectivity index (χ1) is 10.5. The van der Waals surface area contributed by atoms with E-state index in [1.807, 2.05) is 24.3 Å². The number of likely N-dealkylation sites (tertiary alicyclic amines) is 1. The second-order valence-corrected chi connectivity index (χ2v) is 6.03. The Morgan fingerprint density at radius 3 is 2.86 bits per heavy atom. The number of amides is 1. The van der Waals surface area contributed by atoms with Gasteiger partial charge in [0.1, 0.15) is 5.75 Å². The third-order valence-corrected chi connectivity index (χ3v) is 4.01. The zero-order chi connectivity index (χ0) is 16.1. The maximum atomic E-state index is 12.2. The van der Waals surface area contributed by atoms with Gasteiger partial charge >= 0.3 is 5.97 Å². The summed E-state index contributed by atoms with van der Waals surface area (Å²) < 4.78 is 5.57. The van der Waals surface area contributed by atoms with Crippen LogP contribution in [0.4, 0.5) is 0 Å². The third-order valence-electron chi connectivity index (χ3n) is 4.01. The average Bonchev–Trinajstić information content (AvgIpc) is 2.53. The molecule has 0 saturated carbocycles. The summed E-state index contributed by atoms with van der Waals surface area (Å²) in [7, 11) is 0. The summed E-state index contributed by atoms with van der Waals surface area (Å²) in [5, 5.41) is 9.06. The normalized spacial score (nSPS) is 18.3. The molecule has 5 nitrogen and oxygen atoms in total. The summed E-state index contributed by atoms with van der Waals surface area (Å²) in [6.07, 6.45) is 1.36. The summed E-state index contributed by atoms with van der Waals surface area (Å²) in [5.41, 5.74) is 1.16. The summed E-state index contributed by atoms with van der Waals surface area (Å²) in [5.74, 6) is -0.366. The van der Waals surface area contributed by atoms with E-state index in [2.05, 4.69) is 13.8 Å². The van der Waals surface area contributed by atoms with Crippen LogP contribution in [-0.2, 0) is 9.59 Å². The Hall–Kier alpha value is -2.04. The van der Waals surface area contributed by atoms with Crippen molar-refractivity contribution in [2.45, 2.75) is 32.6 Å². The maximum absolute atomic E-state index is 12.2. The van der Waals surface area contributed by atoms with Gasteiger partial charge < -0.3 is 14.7 Å². The summed E-state index contributed by atoms with van der Waals surface area (Å²) >= 11 is 0. The molecule has 1 aliphatic heterocycles. The lowest BCUT2D eigenvalue weighted by molar-refractivity contribution is -0.146. The number of carbonyl (C=O) groups excluding carboxylic acids is 1. The first-order valence-electron chi connectivity index (χ1n) is 7.70. The molecule has 1 atom stereocenters. The third kappa shape index (κ3) is 4.23. The van der Waals surface area contributed by atoms with Crippen LogP contribution in [-0.4, -0.2) is 41.6 Å². The molecule has 1 N–H and O–H groups in total. The second-order valence-electron chi connectivity index (χ2n) is 6.03. The number of ether oxygens (including phenoxy) is 1. The van der Waals surface area contributed by atoms with E-state index in [1.54, 1.807) is 4.90 Å². The average molecular weight is 305 g/mol. The molecule has 1 fully saturated rings. The van der Waals surface area contributed by atoms with Crippen LogP contribution in [0.25, 0.3) is 0 Å². The molecular weight excluding hydrogens is 282 g/mol. The van der Waals surface area contributed by atoms with Gasteiger partial charge in [0.15, 0.2) is 6.61 Å². The first kappa shape index (κ1) is 16.3. The minimum absolute atomic E-state index is 0.0477. The van der Waals surface area contributed by atoms with Gasteiger partial charge in [-0.3, -0.25) is 9.59 Å². The largest absolute Gasteiger partial charge is 0.484 e. The van der Waals surface area contributed by atoms with Crippen molar-refractivity contribution in [2.24, 2.45) is 5.92 Å². The molecule has 0 aromatic heterocycles. The quantitative estimate of drug-likeness (QED) is 0.907. The number of hydrogen-bond donors (Lipinski definition) is 1. The van der Waals surface area contributed by atoms with E-state index in [1.165, 1.54) is 0 Å². The lowest BCUT2D eigenvalue weighted by atomic mass is 9.98. The monoisotopic (exact) mass is 305 g/mol. The molecule has 2 rings (SSSR count). The molecule has 0 spiro atoms. The fourth-order valence-corrected chi connectivity index (χ4v) is 2.61. The second kappa shape index (κ2) is 7.29. The number of carboxylic acids is 1. The van der Waals surface area contributed by atoms with E-state index >= 15 is 0 Å². The zero-order valence-electron chi connectivity index (χ0n) is 13.1. The smallest absolute Gasteiger partial charge is 0.308 e. The number of hydrogen-bond acceptors (Lipinski definition) is 3. The van der Waals surface area contributed by atoms with E-state index in [9.17, 15) is 9.59 Å². The van der Waals surface area contributed by atoms with Crippen LogP contribution in [0.2, 0.25) is 0 Å². The predicted molar refractivity (Wildman–Crippen MR) is 83.0 cm³/mol. The Morgan fingerprint density at radius 1 is 1.41 bits per heavy atom. The Balaban J connectivity index is 1.89. The molecule has 22 heavy (non-hydrogen) atoms. The van der Waals surface area contributed by atoms with Crippen molar-refractivity contribution in [3.8, 4) is 5.75 Å². The van der Waals surface area contributed by atoms with Gasteiger partial charge in [0.05, 0.1) is 5.92 Å². The lowest BCUT2D eigenvalue weighted by Crippen LogP contribution is -2.44. The molecule has 5 heteroatoms. The highest BCUT2D eigenvalue weighted by Crippen LogP contribution is 2.21. The van der Waals surface area contributed by atoms with Crippen molar-refractivity contribution in [3.63, 3.8) is 0 Å². The molecule has 1 amide bonds.